The molecule has 1 fully saturated rings. The highest BCUT2D eigenvalue weighted by atomic mass is 16.5. The maximum atomic E-state index is 11.1. The molecular formula is C9H17NO2. The van der Waals surface area contributed by atoms with Crippen LogP contribution in [0.5, 0.6) is 0 Å². The molecule has 0 radical (unpaired) electrons. The van der Waals surface area contributed by atoms with Gasteiger partial charge in [-0.05, 0) is 25.2 Å². The monoisotopic (exact) mass is 171 g/mol. The summed E-state index contributed by atoms with van der Waals surface area (Å²) in [4.78, 5) is 11.1. The van der Waals surface area contributed by atoms with Gasteiger partial charge < -0.3 is 10.5 Å². The smallest absolute Gasteiger partial charge is 0.322 e. The number of carbonyl (C=O) groups excluding carboxylic acids is 1. The fraction of sp³-hybridized carbons (Fsp3) is 0.889. The molecule has 0 heterocycles. The van der Waals surface area contributed by atoms with Crippen molar-refractivity contribution >= 4 is 5.97 Å². The van der Waals surface area contributed by atoms with Crippen molar-refractivity contribution in [1.29, 1.82) is 0 Å². The van der Waals surface area contributed by atoms with Crippen LogP contribution >= 0.6 is 0 Å². The minimum Gasteiger partial charge on any atom is -0.464 e. The fourth-order valence-corrected chi connectivity index (χ4v) is 1.02. The largest absolute Gasteiger partial charge is 0.464 e. The van der Waals surface area contributed by atoms with Gasteiger partial charge in [0.05, 0.1) is 6.61 Å². The lowest BCUT2D eigenvalue weighted by molar-refractivity contribution is -0.145. The number of ether oxygens (including phenoxy) is 1. The summed E-state index contributed by atoms with van der Waals surface area (Å²) in [6, 6.07) is -0.409. The minimum atomic E-state index is -0.409. The van der Waals surface area contributed by atoms with Crippen LogP contribution in [0.3, 0.4) is 0 Å². The Morgan fingerprint density at radius 1 is 1.67 bits per heavy atom. The maximum absolute atomic E-state index is 11.1. The first-order valence-corrected chi connectivity index (χ1v) is 4.66. The predicted molar refractivity (Wildman–Crippen MR) is 46.6 cm³/mol. The van der Waals surface area contributed by atoms with Crippen molar-refractivity contribution in [3.8, 4) is 0 Å². The van der Waals surface area contributed by atoms with Gasteiger partial charge in [0.1, 0.15) is 6.04 Å². The number of nitrogens with two attached hydrogens (primary N) is 1. The van der Waals surface area contributed by atoms with E-state index in [2.05, 4.69) is 0 Å². The third-order valence-corrected chi connectivity index (χ3v) is 2.06. The Morgan fingerprint density at radius 2 is 2.33 bits per heavy atom. The second kappa shape index (κ2) is 4.45. The molecule has 0 aliphatic heterocycles. The lowest BCUT2D eigenvalue weighted by Crippen LogP contribution is -2.32. The van der Waals surface area contributed by atoms with Gasteiger partial charge in [0.15, 0.2) is 0 Å². The highest BCUT2D eigenvalue weighted by Gasteiger charge is 2.24. The van der Waals surface area contributed by atoms with Crippen LogP contribution in [0, 0.1) is 5.92 Å². The van der Waals surface area contributed by atoms with Crippen molar-refractivity contribution < 1.29 is 9.53 Å². The van der Waals surface area contributed by atoms with E-state index in [1.165, 1.54) is 12.8 Å². The van der Waals surface area contributed by atoms with Gasteiger partial charge in [0.25, 0.3) is 0 Å². The molecule has 0 amide bonds. The van der Waals surface area contributed by atoms with E-state index >= 15 is 0 Å². The molecule has 1 aliphatic rings. The summed E-state index contributed by atoms with van der Waals surface area (Å²) < 4.78 is 5.02. The van der Waals surface area contributed by atoms with Crippen LogP contribution in [0.15, 0.2) is 0 Å². The molecule has 3 heteroatoms. The Bertz CT molecular complexity index is 155. The van der Waals surface area contributed by atoms with E-state index in [-0.39, 0.29) is 5.97 Å². The maximum Gasteiger partial charge on any atom is 0.322 e. The number of esters is 1. The summed E-state index contributed by atoms with van der Waals surface area (Å²) >= 11 is 0. The topological polar surface area (TPSA) is 52.3 Å². The SMILES string of the molecule is CCC[C@H](N)C(=O)OCC1CC1. The molecule has 0 saturated heterocycles. The number of carbonyl (C=O) groups is 1. The summed E-state index contributed by atoms with van der Waals surface area (Å²) in [5.41, 5.74) is 5.56. The van der Waals surface area contributed by atoms with E-state index in [9.17, 15) is 4.79 Å². The molecule has 0 aromatic heterocycles. The van der Waals surface area contributed by atoms with Crippen molar-refractivity contribution in [1.82, 2.24) is 0 Å². The van der Waals surface area contributed by atoms with Gasteiger partial charge in [-0.25, -0.2) is 0 Å². The average molecular weight is 171 g/mol. The first kappa shape index (κ1) is 9.52. The van der Waals surface area contributed by atoms with Crippen LogP contribution in [0.1, 0.15) is 32.6 Å². The molecule has 1 rings (SSSR count). The van der Waals surface area contributed by atoms with E-state index in [0.717, 1.165) is 12.8 Å². The minimum absolute atomic E-state index is 0.233. The molecule has 70 valence electrons. The molecule has 0 aromatic carbocycles. The number of rotatable bonds is 5. The second-order valence-electron chi connectivity index (χ2n) is 3.47. The Kier molecular flexibility index (Phi) is 3.53. The van der Waals surface area contributed by atoms with E-state index in [1.807, 2.05) is 6.92 Å². The Hall–Kier alpha value is -0.570. The second-order valence-corrected chi connectivity index (χ2v) is 3.47. The van der Waals surface area contributed by atoms with Gasteiger partial charge in [-0.15, -0.1) is 0 Å². The van der Waals surface area contributed by atoms with E-state index in [1.54, 1.807) is 0 Å². The molecule has 0 spiro atoms. The van der Waals surface area contributed by atoms with Crippen LogP contribution in [-0.2, 0) is 9.53 Å². The zero-order valence-electron chi connectivity index (χ0n) is 7.58. The normalized spacial score (nSPS) is 18.8. The molecule has 1 aliphatic carbocycles. The molecule has 2 N–H and O–H groups in total. The number of hydrogen-bond acceptors (Lipinski definition) is 3. The quantitative estimate of drug-likeness (QED) is 0.629. The van der Waals surface area contributed by atoms with Crippen molar-refractivity contribution in [2.24, 2.45) is 11.7 Å². The van der Waals surface area contributed by atoms with Gasteiger partial charge >= 0.3 is 5.97 Å². The first-order chi connectivity index (χ1) is 5.74. The van der Waals surface area contributed by atoms with Crippen molar-refractivity contribution in [3.05, 3.63) is 0 Å². The lowest BCUT2D eigenvalue weighted by Gasteiger charge is -2.09. The highest BCUT2D eigenvalue weighted by Crippen LogP contribution is 2.28. The molecule has 0 unspecified atom stereocenters. The summed E-state index contributed by atoms with van der Waals surface area (Å²) in [7, 11) is 0. The van der Waals surface area contributed by atoms with E-state index < -0.39 is 6.04 Å². The van der Waals surface area contributed by atoms with Crippen LogP contribution in [-0.4, -0.2) is 18.6 Å². The zero-order chi connectivity index (χ0) is 8.97. The standard InChI is InChI=1S/C9H17NO2/c1-2-3-8(10)9(11)12-6-7-4-5-7/h7-8H,2-6,10H2,1H3/t8-/m0/s1. The van der Waals surface area contributed by atoms with Crippen molar-refractivity contribution in [2.75, 3.05) is 6.61 Å². The van der Waals surface area contributed by atoms with Crippen molar-refractivity contribution in [3.63, 3.8) is 0 Å². The van der Waals surface area contributed by atoms with Gasteiger partial charge in [-0.2, -0.15) is 0 Å². The van der Waals surface area contributed by atoms with Gasteiger partial charge in [-0.3, -0.25) is 4.79 Å². The highest BCUT2D eigenvalue weighted by molar-refractivity contribution is 5.75. The molecular weight excluding hydrogens is 154 g/mol. The predicted octanol–water partition coefficient (Wildman–Crippen LogP) is 1.07. The summed E-state index contributed by atoms with van der Waals surface area (Å²) in [6.45, 7) is 2.59. The first-order valence-electron chi connectivity index (χ1n) is 4.66. The average Bonchev–Trinajstić information content (AvgIpc) is 2.83. The Labute approximate surface area is 73.3 Å². The molecule has 1 saturated carbocycles. The van der Waals surface area contributed by atoms with Crippen molar-refractivity contribution in [2.45, 2.75) is 38.6 Å². The van der Waals surface area contributed by atoms with Crippen LogP contribution < -0.4 is 5.73 Å². The lowest BCUT2D eigenvalue weighted by atomic mass is 10.2. The van der Waals surface area contributed by atoms with E-state index in [0.29, 0.717) is 12.5 Å². The summed E-state index contributed by atoms with van der Waals surface area (Å²) in [5, 5.41) is 0. The fourth-order valence-electron chi connectivity index (χ4n) is 1.02. The third kappa shape index (κ3) is 3.22. The molecule has 1 atom stereocenters. The summed E-state index contributed by atoms with van der Waals surface area (Å²) in [6.07, 6.45) is 4.07. The van der Waals surface area contributed by atoms with Gasteiger partial charge in [0, 0.05) is 0 Å². The Balaban J connectivity index is 2.07. The van der Waals surface area contributed by atoms with Crippen LogP contribution in [0.2, 0.25) is 0 Å². The molecule has 0 bridgehead atoms. The van der Waals surface area contributed by atoms with E-state index in [4.69, 9.17) is 10.5 Å². The Morgan fingerprint density at radius 3 is 2.83 bits per heavy atom. The van der Waals surface area contributed by atoms with Crippen LogP contribution in [0.25, 0.3) is 0 Å². The molecule has 0 aromatic rings. The van der Waals surface area contributed by atoms with Crippen LogP contribution in [0.4, 0.5) is 0 Å². The summed E-state index contributed by atoms with van der Waals surface area (Å²) in [5.74, 6) is 0.395. The molecule has 12 heavy (non-hydrogen) atoms. The molecule has 3 nitrogen and oxygen atoms in total. The zero-order valence-corrected chi connectivity index (χ0v) is 7.58. The third-order valence-electron chi connectivity index (χ3n) is 2.06. The number of hydrogen-bond donors (Lipinski definition) is 1. The van der Waals surface area contributed by atoms with Gasteiger partial charge in [-0.1, -0.05) is 13.3 Å². The van der Waals surface area contributed by atoms with Gasteiger partial charge in [0.2, 0.25) is 0 Å².